The van der Waals surface area contributed by atoms with Crippen molar-refractivity contribution < 1.29 is 8.42 Å². The van der Waals surface area contributed by atoms with Crippen LogP contribution in [0.4, 0.5) is 5.69 Å². The molecule has 0 saturated carbocycles. The molecule has 1 aliphatic heterocycles. The van der Waals surface area contributed by atoms with Crippen molar-refractivity contribution in [2.24, 2.45) is 0 Å². The maximum Gasteiger partial charge on any atom is 0.243 e. The van der Waals surface area contributed by atoms with Crippen molar-refractivity contribution in [2.75, 3.05) is 31.1 Å². The van der Waals surface area contributed by atoms with E-state index >= 15 is 0 Å². The summed E-state index contributed by atoms with van der Waals surface area (Å²) in [7, 11) is -3.45. The van der Waals surface area contributed by atoms with Gasteiger partial charge in [0.05, 0.1) is 4.90 Å². The first kappa shape index (κ1) is 20.9. The molecule has 1 heterocycles. The van der Waals surface area contributed by atoms with Crippen LogP contribution >= 0.6 is 0 Å². The molecular weight excluding hydrogens is 368 g/mol. The van der Waals surface area contributed by atoms with Crippen molar-refractivity contribution in [3.8, 4) is 0 Å². The third-order valence-electron chi connectivity index (χ3n) is 5.55. The van der Waals surface area contributed by atoms with E-state index < -0.39 is 10.0 Å². The molecular formula is C23H32N2O2S. The Balaban J connectivity index is 1.75. The molecule has 0 bridgehead atoms. The van der Waals surface area contributed by atoms with Crippen molar-refractivity contribution >= 4 is 15.7 Å². The first-order valence-corrected chi connectivity index (χ1v) is 11.4. The van der Waals surface area contributed by atoms with Gasteiger partial charge in [-0.3, -0.25) is 0 Å². The predicted octanol–water partition coefficient (Wildman–Crippen LogP) is 4.42. The van der Waals surface area contributed by atoms with Gasteiger partial charge in [-0.25, -0.2) is 8.42 Å². The average molecular weight is 401 g/mol. The Hall–Kier alpha value is -1.85. The third kappa shape index (κ3) is 4.11. The number of hydrogen-bond acceptors (Lipinski definition) is 3. The molecule has 0 atom stereocenters. The molecule has 4 nitrogen and oxygen atoms in total. The minimum absolute atomic E-state index is 0.0116. The zero-order valence-electron chi connectivity index (χ0n) is 17.9. The molecule has 2 aromatic carbocycles. The lowest BCUT2D eigenvalue weighted by atomic mass is 9.87. The quantitative estimate of drug-likeness (QED) is 0.766. The van der Waals surface area contributed by atoms with Crippen LogP contribution in [0, 0.1) is 20.8 Å². The van der Waals surface area contributed by atoms with E-state index in [1.165, 1.54) is 22.4 Å². The molecule has 1 aliphatic rings. The van der Waals surface area contributed by atoms with Gasteiger partial charge in [-0.15, -0.1) is 0 Å². The highest BCUT2D eigenvalue weighted by Gasteiger charge is 2.29. The van der Waals surface area contributed by atoms with E-state index in [0.29, 0.717) is 31.1 Å². The molecule has 0 unspecified atom stereocenters. The number of benzene rings is 2. The van der Waals surface area contributed by atoms with Gasteiger partial charge in [-0.1, -0.05) is 50.6 Å². The summed E-state index contributed by atoms with van der Waals surface area (Å²) in [6.45, 7) is 15.2. The van der Waals surface area contributed by atoms with E-state index in [1.807, 2.05) is 12.1 Å². The normalized spacial score (nSPS) is 16.4. The number of nitrogens with zero attached hydrogens (tertiary/aromatic N) is 2. The van der Waals surface area contributed by atoms with Crippen molar-refractivity contribution in [2.45, 2.75) is 51.9 Å². The van der Waals surface area contributed by atoms with Crippen molar-refractivity contribution in [3.63, 3.8) is 0 Å². The fourth-order valence-electron chi connectivity index (χ4n) is 4.10. The topological polar surface area (TPSA) is 40.6 Å². The average Bonchev–Trinajstić information content (AvgIpc) is 2.61. The molecule has 1 fully saturated rings. The molecule has 0 spiro atoms. The van der Waals surface area contributed by atoms with Gasteiger partial charge < -0.3 is 4.90 Å². The van der Waals surface area contributed by atoms with Crippen LogP contribution in [0.3, 0.4) is 0 Å². The Morgan fingerprint density at radius 3 is 1.79 bits per heavy atom. The van der Waals surface area contributed by atoms with Crippen molar-refractivity contribution in [3.05, 3.63) is 58.7 Å². The Morgan fingerprint density at radius 2 is 1.32 bits per heavy atom. The van der Waals surface area contributed by atoms with Crippen LogP contribution in [-0.2, 0) is 15.4 Å². The summed E-state index contributed by atoms with van der Waals surface area (Å²) in [5, 5.41) is 0. The Bertz CT molecular complexity index is 926. The molecule has 0 radical (unpaired) electrons. The fourth-order valence-corrected chi connectivity index (χ4v) is 5.52. The first-order valence-electron chi connectivity index (χ1n) is 9.93. The minimum atomic E-state index is -3.45. The molecule has 3 rings (SSSR count). The first-order chi connectivity index (χ1) is 13.0. The van der Waals surface area contributed by atoms with Crippen LogP contribution < -0.4 is 4.90 Å². The molecule has 2 aromatic rings. The van der Waals surface area contributed by atoms with Crippen molar-refractivity contribution in [1.82, 2.24) is 4.31 Å². The van der Waals surface area contributed by atoms with Gasteiger partial charge in [0.2, 0.25) is 10.0 Å². The molecule has 1 saturated heterocycles. The van der Waals surface area contributed by atoms with Crippen LogP contribution in [0.15, 0.2) is 41.3 Å². The summed E-state index contributed by atoms with van der Waals surface area (Å²) in [5.74, 6) is 0. The minimum Gasteiger partial charge on any atom is -0.368 e. The maximum absolute atomic E-state index is 13.1. The summed E-state index contributed by atoms with van der Waals surface area (Å²) >= 11 is 0. The van der Waals surface area contributed by atoms with Gasteiger partial charge in [0.25, 0.3) is 0 Å². The Labute approximate surface area is 170 Å². The smallest absolute Gasteiger partial charge is 0.243 e. The van der Waals surface area contributed by atoms with Gasteiger partial charge in [0.1, 0.15) is 0 Å². The third-order valence-corrected chi connectivity index (χ3v) is 7.46. The van der Waals surface area contributed by atoms with Crippen LogP contribution in [0.2, 0.25) is 0 Å². The van der Waals surface area contributed by atoms with Gasteiger partial charge in [0.15, 0.2) is 0 Å². The maximum atomic E-state index is 13.1. The summed E-state index contributed by atoms with van der Waals surface area (Å²) in [4.78, 5) is 2.70. The lowest BCUT2D eigenvalue weighted by Gasteiger charge is -2.37. The molecule has 0 aromatic heterocycles. The number of anilines is 1. The molecule has 0 aliphatic carbocycles. The molecule has 5 heteroatoms. The number of rotatable bonds is 3. The fraction of sp³-hybridized carbons (Fsp3) is 0.478. The van der Waals surface area contributed by atoms with E-state index in [-0.39, 0.29) is 5.41 Å². The molecule has 28 heavy (non-hydrogen) atoms. The Morgan fingerprint density at radius 1 is 0.821 bits per heavy atom. The second-order valence-electron chi connectivity index (χ2n) is 8.91. The second kappa shape index (κ2) is 7.53. The van der Waals surface area contributed by atoms with Crippen LogP contribution in [0.5, 0.6) is 0 Å². The summed E-state index contributed by atoms with van der Waals surface area (Å²) in [6, 6.07) is 11.8. The molecule has 0 amide bonds. The number of sulfonamides is 1. The van der Waals surface area contributed by atoms with Gasteiger partial charge in [-0.2, -0.15) is 4.31 Å². The highest BCUT2D eigenvalue weighted by atomic mass is 32.2. The molecule has 152 valence electrons. The highest BCUT2D eigenvalue weighted by Crippen LogP contribution is 2.29. The van der Waals surface area contributed by atoms with Crippen LogP contribution in [-0.4, -0.2) is 38.9 Å². The summed E-state index contributed by atoms with van der Waals surface area (Å²) in [5.41, 5.74) is 6.17. The lowest BCUT2D eigenvalue weighted by molar-refractivity contribution is 0.384. The van der Waals surface area contributed by atoms with E-state index in [2.05, 4.69) is 58.6 Å². The van der Waals surface area contributed by atoms with Gasteiger partial charge in [0, 0.05) is 31.9 Å². The zero-order valence-corrected chi connectivity index (χ0v) is 18.7. The largest absolute Gasteiger partial charge is 0.368 e. The SMILES string of the molecule is Cc1cc(C)c(N2CCN(S(=O)(=O)c3ccc(C(C)(C)C)cc3)CC2)c(C)c1. The molecule has 0 N–H and O–H groups in total. The second-order valence-corrected chi connectivity index (χ2v) is 10.9. The highest BCUT2D eigenvalue weighted by molar-refractivity contribution is 7.89. The van der Waals surface area contributed by atoms with Crippen molar-refractivity contribution in [1.29, 1.82) is 0 Å². The number of hydrogen-bond donors (Lipinski definition) is 0. The standard InChI is InChI=1S/C23H32N2O2S/c1-17-15-18(2)22(19(3)16-17)24-11-13-25(14-12-24)28(26,27)21-9-7-20(8-10-21)23(4,5)6/h7-10,15-16H,11-14H2,1-6H3. The summed E-state index contributed by atoms with van der Waals surface area (Å²) in [6.07, 6.45) is 0. The van der Waals surface area contributed by atoms with Gasteiger partial charge >= 0.3 is 0 Å². The van der Waals surface area contributed by atoms with E-state index in [4.69, 9.17) is 0 Å². The van der Waals surface area contributed by atoms with E-state index in [1.54, 1.807) is 16.4 Å². The number of piperazine rings is 1. The summed E-state index contributed by atoms with van der Waals surface area (Å²) < 4.78 is 27.8. The Kier molecular flexibility index (Phi) is 5.61. The predicted molar refractivity (Wildman–Crippen MR) is 117 cm³/mol. The zero-order chi connectivity index (χ0) is 20.7. The lowest BCUT2D eigenvalue weighted by Crippen LogP contribution is -2.49. The van der Waals surface area contributed by atoms with E-state index in [9.17, 15) is 8.42 Å². The van der Waals surface area contributed by atoms with Crippen LogP contribution in [0.1, 0.15) is 43.0 Å². The monoisotopic (exact) mass is 400 g/mol. The van der Waals surface area contributed by atoms with Gasteiger partial charge in [-0.05, 0) is 55.0 Å². The van der Waals surface area contributed by atoms with E-state index in [0.717, 1.165) is 5.56 Å². The number of aryl methyl sites for hydroxylation is 3. The van der Waals surface area contributed by atoms with Crippen LogP contribution in [0.25, 0.3) is 0 Å².